The summed E-state index contributed by atoms with van der Waals surface area (Å²) in [4.78, 5) is 26.4. The Morgan fingerprint density at radius 3 is 2.50 bits per heavy atom. The highest BCUT2D eigenvalue weighted by molar-refractivity contribution is 5.92. The van der Waals surface area contributed by atoms with Crippen molar-refractivity contribution in [3.05, 3.63) is 65.7 Å². The van der Waals surface area contributed by atoms with Crippen LogP contribution in [0.2, 0.25) is 0 Å². The predicted molar refractivity (Wildman–Crippen MR) is 101 cm³/mol. The standard InChI is InChI=1S/C21H24N2O3/c1-26-21(25)18-7-5-6-16(14-18)15-23-12-10-17(11-13-23)20(24)22-19-8-3-2-4-9-19/h2-9,14,17H,10-13,15H2,1H3,(H,22,24). The van der Waals surface area contributed by atoms with Gasteiger partial charge in [-0.15, -0.1) is 0 Å². The molecule has 1 amide bonds. The summed E-state index contributed by atoms with van der Waals surface area (Å²) in [5, 5.41) is 2.99. The lowest BCUT2D eigenvalue weighted by atomic mass is 9.95. The van der Waals surface area contributed by atoms with Gasteiger partial charge in [0.05, 0.1) is 12.7 Å². The number of nitrogens with zero attached hydrogens (tertiary/aromatic N) is 1. The van der Waals surface area contributed by atoms with Crippen molar-refractivity contribution in [3.63, 3.8) is 0 Å². The molecule has 0 aliphatic carbocycles. The van der Waals surface area contributed by atoms with Crippen LogP contribution >= 0.6 is 0 Å². The summed E-state index contributed by atoms with van der Waals surface area (Å²) in [5.41, 5.74) is 2.50. The molecule has 1 heterocycles. The number of hydrogen-bond acceptors (Lipinski definition) is 4. The quantitative estimate of drug-likeness (QED) is 0.839. The topological polar surface area (TPSA) is 58.6 Å². The fourth-order valence-electron chi connectivity index (χ4n) is 3.29. The monoisotopic (exact) mass is 352 g/mol. The van der Waals surface area contributed by atoms with Gasteiger partial charge in [0.1, 0.15) is 0 Å². The average molecular weight is 352 g/mol. The number of carbonyl (C=O) groups excluding carboxylic acids is 2. The molecule has 0 saturated carbocycles. The van der Waals surface area contributed by atoms with Gasteiger partial charge in [-0.3, -0.25) is 9.69 Å². The molecule has 0 unspecified atom stereocenters. The second-order valence-corrected chi connectivity index (χ2v) is 6.60. The van der Waals surface area contributed by atoms with Crippen LogP contribution in [0.15, 0.2) is 54.6 Å². The summed E-state index contributed by atoms with van der Waals surface area (Å²) in [6.45, 7) is 2.52. The van der Waals surface area contributed by atoms with Gasteiger partial charge in [-0.1, -0.05) is 30.3 Å². The van der Waals surface area contributed by atoms with Crippen LogP contribution < -0.4 is 5.32 Å². The molecule has 1 fully saturated rings. The smallest absolute Gasteiger partial charge is 0.337 e. The van der Waals surface area contributed by atoms with Crippen LogP contribution in [0.4, 0.5) is 5.69 Å². The Balaban J connectivity index is 1.51. The van der Waals surface area contributed by atoms with E-state index < -0.39 is 0 Å². The lowest BCUT2D eigenvalue weighted by Gasteiger charge is -2.31. The lowest BCUT2D eigenvalue weighted by molar-refractivity contribution is -0.121. The minimum atomic E-state index is -0.317. The molecule has 5 nitrogen and oxygen atoms in total. The Morgan fingerprint density at radius 2 is 1.81 bits per heavy atom. The van der Waals surface area contributed by atoms with E-state index in [1.807, 2.05) is 48.5 Å². The van der Waals surface area contributed by atoms with Gasteiger partial charge in [-0.25, -0.2) is 4.79 Å². The van der Waals surface area contributed by atoms with Crippen LogP contribution in [-0.4, -0.2) is 37.0 Å². The first kappa shape index (κ1) is 18.1. The fraction of sp³-hybridized carbons (Fsp3) is 0.333. The van der Waals surface area contributed by atoms with E-state index in [0.717, 1.165) is 43.7 Å². The number of anilines is 1. The summed E-state index contributed by atoms with van der Waals surface area (Å²) in [5.74, 6) is -0.167. The van der Waals surface area contributed by atoms with Crippen LogP contribution in [0.5, 0.6) is 0 Å². The third-order valence-corrected chi connectivity index (χ3v) is 4.75. The predicted octanol–water partition coefficient (Wildman–Crippen LogP) is 3.32. The maximum atomic E-state index is 12.4. The lowest BCUT2D eigenvalue weighted by Crippen LogP contribution is -2.37. The largest absolute Gasteiger partial charge is 0.465 e. The zero-order chi connectivity index (χ0) is 18.4. The van der Waals surface area contributed by atoms with E-state index in [4.69, 9.17) is 4.74 Å². The highest BCUT2D eigenvalue weighted by Crippen LogP contribution is 2.21. The van der Waals surface area contributed by atoms with Gasteiger partial charge in [-0.05, 0) is 55.8 Å². The van der Waals surface area contributed by atoms with E-state index in [0.29, 0.717) is 5.56 Å². The maximum Gasteiger partial charge on any atom is 0.337 e. The van der Waals surface area contributed by atoms with Crippen molar-refractivity contribution >= 4 is 17.6 Å². The van der Waals surface area contributed by atoms with Crippen molar-refractivity contribution < 1.29 is 14.3 Å². The Kier molecular flexibility index (Phi) is 6.02. The van der Waals surface area contributed by atoms with E-state index in [1.165, 1.54) is 7.11 Å². The van der Waals surface area contributed by atoms with E-state index >= 15 is 0 Å². The zero-order valence-electron chi connectivity index (χ0n) is 15.0. The van der Waals surface area contributed by atoms with Gasteiger partial charge in [0.2, 0.25) is 5.91 Å². The van der Waals surface area contributed by atoms with Crippen molar-refractivity contribution in [2.45, 2.75) is 19.4 Å². The molecule has 26 heavy (non-hydrogen) atoms. The van der Waals surface area contributed by atoms with Crippen molar-refractivity contribution in [1.29, 1.82) is 0 Å². The molecule has 0 atom stereocenters. The molecule has 0 bridgehead atoms. The molecule has 1 N–H and O–H groups in total. The summed E-state index contributed by atoms with van der Waals surface area (Å²) < 4.78 is 4.77. The van der Waals surface area contributed by atoms with Crippen LogP contribution in [0.25, 0.3) is 0 Å². The number of para-hydroxylation sites is 1. The Bertz CT molecular complexity index is 753. The summed E-state index contributed by atoms with van der Waals surface area (Å²) in [6.07, 6.45) is 1.69. The highest BCUT2D eigenvalue weighted by Gasteiger charge is 2.25. The number of likely N-dealkylation sites (tertiary alicyclic amines) is 1. The number of methoxy groups -OCH3 is 1. The molecule has 136 valence electrons. The van der Waals surface area contributed by atoms with Crippen molar-refractivity contribution in [2.24, 2.45) is 5.92 Å². The number of rotatable bonds is 5. The number of hydrogen-bond donors (Lipinski definition) is 1. The molecule has 5 heteroatoms. The number of esters is 1. The van der Waals surface area contributed by atoms with E-state index in [1.54, 1.807) is 6.07 Å². The molecule has 1 aliphatic rings. The summed E-state index contributed by atoms with van der Waals surface area (Å²) in [6, 6.07) is 17.1. The number of piperidine rings is 1. The van der Waals surface area contributed by atoms with Gasteiger partial charge in [0, 0.05) is 18.2 Å². The number of benzene rings is 2. The number of nitrogens with one attached hydrogen (secondary N) is 1. The van der Waals surface area contributed by atoms with Gasteiger partial charge in [0.25, 0.3) is 0 Å². The van der Waals surface area contributed by atoms with Gasteiger partial charge in [-0.2, -0.15) is 0 Å². The molecule has 1 aliphatic heterocycles. The molecule has 3 rings (SSSR count). The van der Waals surface area contributed by atoms with Crippen molar-refractivity contribution in [1.82, 2.24) is 4.90 Å². The molecular weight excluding hydrogens is 328 g/mol. The van der Waals surface area contributed by atoms with Crippen molar-refractivity contribution in [2.75, 3.05) is 25.5 Å². The molecule has 0 spiro atoms. The molecule has 0 aromatic heterocycles. The number of carbonyl (C=O) groups is 2. The number of ether oxygens (including phenoxy) is 1. The van der Waals surface area contributed by atoms with Crippen LogP contribution in [0.3, 0.4) is 0 Å². The fourth-order valence-corrected chi connectivity index (χ4v) is 3.29. The van der Waals surface area contributed by atoms with E-state index in [-0.39, 0.29) is 17.8 Å². The molecule has 0 radical (unpaired) electrons. The van der Waals surface area contributed by atoms with Gasteiger partial charge in [0.15, 0.2) is 0 Å². The van der Waals surface area contributed by atoms with Crippen LogP contribution in [0, 0.1) is 5.92 Å². The van der Waals surface area contributed by atoms with Crippen molar-refractivity contribution in [3.8, 4) is 0 Å². The third-order valence-electron chi connectivity index (χ3n) is 4.75. The molecular formula is C21H24N2O3. The summed E-state index contributed by atoms with van der Waals surface area (Å²) in [7, 11) is 1.39. The first-order chi connectivity index (χ1) is 12.7. The Morgan fingerprint density at radius 1 is 1.08 bits per heavy atom. The molecule has 2 aromatic rings. The number of amides is 1. The minimum Gasteiger partial charge on any atom is -0.465 e. The third kappa shape index (κ3) is 4.70. The molecule has 2 aromatic carbocycles. The maximum absolute atomic E-state index is 12.4. The average Bonchev–Trinajstić information content (AvgIpc) is 2.69. The SMILES string of the molecule is COC(=O)c1cccc(CN2CCC(C(=O)Nc3ccccc3)CC2)c1. The van der Waals surface area contributed by atoms with Gasteiger partial charge >= 0.3 is 5.97 Å². The Hall–Kier alpha value is -2.66. The minimum absolute atomic E-state index is 0.0489. The van der Waals surface area contributed by atoms with Crippen LogP contribution in [-0.2, 0) is 16.1 Å². The second-order valence-electron chi connectivity index (χ2n) is 6.60. The molecule has 1 saturated heterocycles. The van der Waals surface area contributed by atoms with Crippen LogP contribution in [0.1, 0.15) is 28.8 Å². The normalized spacial score (nSPS) is 15.4. The van der Waals surface area contributed by atoms with E-state index in [9.17, 15) is 9.59 Å². The van der Waals surface area contributed by atoms with Gasteiger partial charge < -0.3 is 10.1 Å². The summed E-state index contributed by atoms with van der Waals surface area (Å²) >= 11 is 0. The first-order valence-corrected chi connectivity index (χ1v) is 8.91. The zero-order valence-corrected chi connectivity index (χ0v) is 15.0. The van der Waals surface area contributed by atoms with E-state index in [2.05, 4.69) is 10.2 Å². The first-order valence-electron chi connectivity index (χ1n) is 8.91. The second kappa shape index (κ2) is 8.63. The Labute approximate surface area is 154 Å². The highest BCUT2D eigenvalue weighted by atomic mass is 16.5.